The van der Waals surface area contributed by atoms with Crippen LogP contribution >= 0.6 is 0 Å². The molecule has 0 aliphatic carbocycles. The smallest absolute Gasteiger partial charge is 0.219 e. The van der Waals surface area contributed by atoms with Gasteiger partial charge in [-0.25, -0.2) is 14.4 Å². The topological polar surface area (TPSA) is 49.3 Å². The number of piperazine rings is 1. The van der Waals surface area contributed by atoms with Crippen LogP contribution in [0.2, 0.25) is 0 Å². The zero-order valence-electron chi connectivity index (χ0n) is 14.9. The van der Waals surface area contributed by atoms with Gasteiger partial charge in [-0.3, -0.25) is 4.79 Å². The minimum absolute atomic E-state index is 0.106. The van der Waals surface area contributed by atoms with Crippen molar-refractivity contribution in [2.24, 2.45) is 0 Å². The first kappa shape index (κ1) is 17.3. The van der Waals surface area contributed by atoms with E-state index in [9.17, 15) is 9.18 Å². The largest absolute Gasteiger partial charge is 0.353 e. The SMILES string of the molecule is CC(=O)N1CCN(c2nc(C)nc(C)c2Cc2cccc(F)c2)CC1. The molecule has 25 heavy (non-hydrogen) atoms. The summed E-state index contributed by atoms with van der Waals surface area (Å²) in [6, 6.07) is 6.64. The summed E-state index contributed by atoms with van der Waals surface area (Å²) in [6.07, 6.45) is 0.589. The van der Waals surface area contributed by atoms with Gasteiger partial charge in [-0.15, -0.1) is 0 Å². The summed E-state index contributed by atoms with van der Waals surface area (Å²) in [5, 5.41) is 0. The van der Waals surface area contributed by atoms with Crippen molar-refractivity contribution in [3.05, 3.63) is 52.7 Å². The molecular weight excluding hydrogens is 319 g/mol. The minimum atomic E-state index is -0.236. The molecule has 3 rings (SSSR count). The van der Waals surface area contributed by atoms with Gasteiger partial charge in [0, 0.05) is 50.8 Å². The van der Waals surface area contributed by atoms with Crippen molar-refractivity contribution in [1.82, 2.24) is 14.9 Å². The summed E-state index contributed by atoms with van der Waals surface area (Å²) in [5.41, 5.74) is 2.84. The second-order valence-corrected chi connectivity index (χ2v) is 6.46. The lowest BCUT2D eigenvalue weighted by Crippen LogP contribution is -2.48. The number of aryl methyl sites for hydroxylation is 2. The summed E-state index contributed by atoms with van der Waals surface area (Å²) in [6.45, 7) is 8.32. The molecule has 1 aliphatic rings. The molecule has 0 bridgehead atoms. The van der Waals surface area contributed by atoms with Gasteiger partial charge < -0.3 is 9.80 Å². The van der Waals surface area contributed by atoms with E-state index in [2.05, 4.69) is 14.9 Å². The van der Waals surface area contributed by atoms with Crippen molar-refractivity contribution in [2.45, 2.75) is 27.2 Å². The standard InChI is InChI=1S/C19H23FN4O/c1-13-18(12-16-5-4-6-17(20)11-16)19(22-14(2)21-13)24-9-7-23(8-10-24)15(3)25/h4-6,11H,7-10,12H2,1-3H3. The Kier molecular flexibility index (Phi) is 4.97. The minimum Gasteiger partial charge on any atom is -0.353 e. The molecule has 2 heterocycles. The molecule has 0 spiro atoms. The van der Waals surface area contributed by atoms with Crippen LogP contribution < -0.4 is 4.90 Å². The maximum Gasteiger partial charge on any atom is 0.219 e. The molecule has 0 N–H and O–H groups in total. The highest BCUT2D eigenvalue weighted by Crippen LogP contribution is 2.25. The van der Waals surface area contributed by atoms with Crippen molar-refractivity contribution in [3.8, 4) is 0 Å². The summed E-state index contributed by atoms with van der Waals surface area (Å²) >= 11 is 0. The average Bonchev–Trinajstić information content (AvgIpc) is 2.57. The number of halogens is 1. The monoisotopic (exact) mass is 342 g/mol. The fourth-order valence-electron chi connectivity index (χ4n) is 3.27. The van der Waals surface area contributed by atoms with Gasteiger partial charge in [-0.05, 0) is 31.5 Å². The van der Waals surface area contributed by atoms with Crippen LogP contribution in [0.5, 0.6) is 0 Å². The van der Waals surface area contributed by atoms with E-state index in [0.29, 0.717) is 19.5 Å². The van der Waals surface area contributed by atoms with Crippen LogP contribution in [0.25, 0.3) is 0 Å². The van der Waals surface area contributed by atoms with Crippen LogP contribution in [0, 0.1) is 19.7 Å². The number of carbonyl (C=O) groups is 1. The van der Waals surface area contributed by atoms with Gasteiger partial charge in [0.1, 0.15) is 17.5 Å². The van der Waals surface area contributed by atoms with Crippen LogP contribution in [-0.4, -0.2) is 47.0 Å². The number of carbonyl (C=O) groups excluding carboxylic acids is 1. The van der Waals surface area contributed by atoms with Gasteiger partial charge >= 0.3 is 0 Å². The molecule has 0 radical (unpaired) electrons. The Labute approximate surface area is 147 Å². The normalized spacial score (nSPS) is 14.7. The second kappa shape index (κ2) is 7.17. The lowest BCUT2D eigenvalue weighted by Gasteiger charge is -2.36. The molecule has 2 aromatic rings. The molecule has 1 amide bonds. The molecule has 1 saturated heterocycles. The van der Waals surface area contributed by atoms with Gasteiger partial charge in [0.15, 0.2) is 0 Å². The zero-order chi connectivity index (χ0) is 18.0. The number of rotatable bonds is 3. The van der Waals surface area contributed by atoms with Crippen molar-refractivity contribution < 1.29 is 9.18 Å². The number of aromatic nitrogens is 2. The highest BCUT2D eigenvalue weighted by atomic mass is 19.1. The molecule has 1 aromatic carbocycles. The number of anilines is 1. The molecule has 0 atom stereocenters. The Morgan fingerprint density at radius 2 is 1.88 bits per heavy atom. The molecule has 6 heteroatoms. The van der Waals surface area contributed by atoms with Crippen molar-refractivity contribution in [2.75, 3.05) is 31.1 Å². The fraction of sp³-hybridized carbons (Fsp3) is 0.421. The third-order valence-corrected chi connectivity index (χ3v) is 4.60. The maximum atomic E-state index is 13.5. The summed E-state index contributed by atoms with van der Waals surface area (Å²) < 4.78 is 13.5. The number of benzene rings is 1. The molecule has 5 nitrogen and oxygen atoms in total. The predicted molar refractivity (Wildman–Crippen MR) is 95.2 cm³/mol. The van der Waals surface area contributed by atoms with E-state index in [-0.39, 0.29) is 11.7 Å². The van der Waals surface area contributed by atoms with E-state index in [1.54, 1.807) is 19.1 Å². The van der Waals surface area contributed by atoms with E-state index in [0.717, 1.165) is 41.6 Å². The van der Waals surface area contributed by atoms with E-state index in [4.69, 9.17) is 0 Å². The molecular formula is C19H23FN4O. The van der Waals surface area contributed by atoms with Crippen LogP contribution in [0.1, 0.15) is 29.6 Å². The molecule has 132 valence electrons. The fourth-order valence-corrected chi connectivity index (χ4v) is 3.27. The maximum absolute atomic E-state index is 13.5. The molecule has 1 aliphatic heterocycles. The Hall–Kier alpha value is -2.50. The highest BCUT2D eigenvalue weighted by Gasteiger charge is 2.23. The summed E-state index contributed by atoms with van der Waals surface area (Å²) in [7, 11) is 0. The van der Waals surface area contributed by atoms with Crippen molar-refractivity contribution >= 4 is 11.7 Å². The Balaban J connectivity index is 1.89. The van der Waals surface area contributed by atoms with Gasteiger partial charge in [0.2, 0.25) is 5.91 Å². The number of nitrogens with zero attached hydrogens (tertiary/aromatic N) is 4. The van der Waals surface area contributed by atoms with E-state index in [1.807, 2.05) is 24.8 Å². The second-order valence-electron chi connectivity index (χ2n) is 6.46. The van der Waals surface area contributed by atoms with Crippen molar-refractivity contribution in [1.29, 1.82) is 0 Å². The van der Waals surface area contributed by atoms with Gasteiger partial charge in [0.25, 0.3) is 0 Å². The van der Waals surface area contributed by atoms with E-state index in [1.165, 1.54) is 6.07 Å². The first-order valence-corrected chi connectivity index (χ1v) is 8.53. The summed E-state index contributed by atoms with van der Waals surface area (Å²) in [4.78, 5) is 24.7. The predicted octanol–water partition coefficient (Wildman–Crippen LogP) is 2.49. The molecule has 1 aromatic heterocycles. The average molecular weight is 342 g/mol. The highest BCUT2D eigenvalue weighted by molar-refractivity contribution is 5.73. The van der Waals surface area contributed by atoms with Crippen LogP contribution in [0.4, 0.5) is 10.2 Å². The Morgan fingerprint density at radius 3 is 2.52 bits per heavy atom. The quantitative estimate of drug-likeness (QED) is 0.860. The number of hydrogen-bond donors (Lipinski definition) is 0. The van der Waals surface area contributed by atoms with Crippen LogP contribution in [-0.2, 0) is 11.2 Å². The number of amides is 1. The van der Waals surface area contributed by atoms with Crippen molar-refractivity contribution in [3.63, 3.8) is 0 Å². The van der Waals surface area contributed by atoms with E-state index < -0.39 is 0 Å². The molecule has 0 saturated carbocycles. The zero-order valence-corrected chi connectivity index (χ0v) is 14.9. The van der Waals surface area contributed by atoms with Gasteiger partial charge in [-0.2, -0.15) is 0 Å². The first-order chi connectivity index (χ1) is 11.9. The van der Waals surface area contributed by atoms with Gasteiger partial charge in [-0.1, -0.05) is 12.1 Å². The lowest BCUT2D eigenvalue weighted by atomic mass is 10.0. The molecule has 1 fully saturated rings. The Bertz CT molecular complexity index is 785. The molecule has 0 unspecified atom stereocenters. The third kappa shape index (κ3) is 3.95. The third-order valence-electron chi connectivity index (χ3n) is 4.60. The summed E-state index contributed by atoms with van der Waals surface area (Å²) in [5.74, 6) is 1.50. The van der Waals surface area contributed by atoms with Crippen LogP contribution in [0.15, 0.2) is 24.3 Å². The van der Waals surface area contributed by atoms with E-state index >= 15 is 0 Å². The number of hydrogen-bond acceptors (Lipinski definition) is 4. The van der Waals surface area contributed by atoms with Crippen LogP contribution in [0.3, 0.4) is 0 Å². The van der Waals surface area contributed by atoms with Gasteiger partial charge in [0.05, 0.1) is 0 Å². The Morgan fingerprint density at radius 1 is 1.16 bits per heavy atom. The lowest BCUT2D eigenvalue weighted by molar-refractivity contribution is -0.129. The first-order valence-electron chi connectivity index (χ1n) is 8.53.